The average Bonchev–Trinajstić information content (AvgIpc) is 2.55. The molecule has 1 amide bonds. The minimum Gasteiger partial charge on any atom is -0.322 e. The number of nitrogens with zero attached hydrogens (tertiary/aromatic N) is 2. The summed E-state index contributed by atoms with van der Waals surface area (Å²) in [6, 6.07) is 0.570. The van der Waals surface area contributed by atoms with Gasteiger partial charge in [-0.05, 0) is 5.41 Å². The third-order valence-corrected chi connectivity index (χ3v) is 2.88. The molecule has 4 nitrogen and oxygen atoms in total. The molecule has 1 saturated heterocycles. The Bertz CT molecular complexity index is 318. The molecule has 0 spiro atoms. The van der Waals surface area contributed by atoms with Gasteiger partial charge in [0.2, 0.25) is 5.91 Å². The maximum absolute atomic E-state index is 13.1. The number of halogens is 1. The van der Waals surface area contributed by atoms with E-state index in [0.717, 1.165) is 0 Å². The van der Waals surface area contributed by atoms with Crippen molar-refractivity contribution in [3.8, 4) is 6.07 Å². The molecule has 1 aliphatic rings. The monoisotopic (exact) mass is 227 g/mol. The maximum atomic E-state index is 13.1. The lowest BCUT2D eigenvalue weighted by molar-refractivity contribution is -0.135. The molecule has 1 rings (SSSR count). The van der Waals surface area contributed by atoms with Gasteiger partial charge in [-0.25, -0.2) is 4.39 Å². The highest BCUT2D eigenvalue weighted by Gasteiger charge is 2.40. The summed E-state index contributed by atoms with van der Waals surface area (Å²) in [5, 5.41) is 8.84. The first-order chi connectivity index (χ1) is 7.27. The van der Waals surface area contributed by atoms with E-state index in [2.05, 4.69) is 0 Å². The standard InChI is InChI=1S/C11H18FN3O/c1-11(2,3)9(14)10(16)15-6-7(12)4-8(15)5-13/h7-9H,4,6,14H2,1-3H3/t7-,8+,9+/m0/s1. The molecule has 0 unspecified atom stereocenters. The molecule has 0 aliphatic carbocycles. The summed E-state index contributed by atoms with van der Waals surface area (Å²) in [6.45, 7) is 5.53. The van der Waals surface area contributed by atoms with E-state index >= 15 is 0 Å². The Morgan fingerprint density at radius 3 is 2.62 bits per heavy atom. The molecule has 2 N–H and O–H groups in total. The molecule has 16 heavy (non-hydrogen) atoms. The zero-order valence-electron chi connectivity index (χ0n) is 9.90. The van der Waals surface area contributed by atoms with E-state index in [1.807, 2.05) is 26.8 Å². The van der Waals surface area contributed by atoms with Gasteiger partial charge in [-0.2, -0.15) is 5.26 Å². The van der Waals surface area contributed by atoms with Crippen LogP contribution in [0.15, 0.2) is 0 Å². The van der Waals surface area contributed by atoms with Gasteiger partial charge in [0, 0.05) is 6.42 Å². The van der Waals surface area contributed by atoms with E-state index < -0.39 is 18.3 Å². The molecule has 0 bridgehead atoms. The summed E-state index contributed by atoms with van der Waals surface area (Å²) in [5.41, 5.74) is 5.43. The van der Waals surface area contributed by atoms with E-state index in [1.165, 1.54) is 4.90 Å². The second kappa shape index (κ2) is 4.38. The summed E-state index contributed by atoms with van der Waals surface area (Å²) in [4.78, 5) is 13.3. The van der Waals surface area contributed by atoms with E-state index in [4.69, 9.17) is 11.0 Å². The molecule has 3 atom stereocenters. The van der Waals surface area contributed by atoms with Gasteiger partial charge in [-0.3, -0.25) is 4.79 Å². The highest BCUT2D eigenvalue weighted by Crippen LogP contribution is 2.25. The van der Waals surface area contributed by atoms with Gasteiger partial charge >= 0.3 is 0 Å². The normalized spacial score (nSPS) is 27.6. The van der Waals surface area contributed by atoms with Gasteiger partial charge < -0.3 is 10.6 Å². The van der Waals surface area contributed by atoms with Crippen LogP contribution in [0.1, 0.15) is 27.2 Å². The number of carbonyl (C=O) groups excluding carboxylic acids is 1. The lowest BCUT2D eigenvalue weighted by Gasteiger charge is -2.30. The predicted octanol–water partition coefficient (Wildman–Crippen LogP) is 0.822. The number of hydrogen-bond acceptors (Lipinski definition) is 3. The number of nitrogens with two attached hydrogens (primary N) is 1. The van der Waals surface area contributed by atoms with Crippen LogP contribution in [0.5, 0.6) is 0 Å². The molecular weight excluding hydrogens is 209 g/mol. The number of alkyl halides is 1. The first kappa shape index (κ1) is 12.9. The molecule has 1 heterocycles. The molecule has 0 saturated carbocycles. The Morgan fingerprint density at radius 1 is 1.62 bits per heavy atom. The number of rotatable bonds is 1. The minimum atomic E-state index is -1.11. The van der Waals surface area contributed by atoms with Crippen molar-refractivity contribution in [1.82, 2.24) is 4.90 Å². The highest BCUT2D eigenvalue weighted by atomic mass is 19.1. The Hall–Kier alpha value is -1.15. The molecule has 0 aromatic rings. The second-order valence-corrected chi connectivity index (χ2v) is 5.31. The number of likely N-dealkylation sites (tertiary alicyclic amines) is 1. The van der Waals surface area contributed by atoms with Crippen LogP contribution >= 0.6 is 0 Å². The zero-order valence-corrected chi connectivity index (χ0v) is 9.90. The lowest BCUT2D eigenvalue weighted by Crippen LogP contribution is -2.51. The fourth-order valence-electron chi connectivity index (χ4n) is 1.70. The largest absolute Gasteiger partial charge is 0.322 e. The first-order valence-corrected chi connectivity index (χ1v) is 5.37. The molecule has 0 aromatic carbocycles. The van der Waals surface area contributed by atoms with E-state index in [-0.39, 0.29) is 24.3 Å². The Labute approximate surface area is 95.2 Å². The molecule has 0 radical (unpaired) electrons. The average molecular weight is 227 g/mol. The molecule has 0 aromatic heterocycles. The third kappa shape index (κ3) is 2.50. The number of hydrogen-bond donors (Lipinski definition) is 1. The van der Waals surface area contributed by atoms with Crippen molar-refractivity contribution in [1.29, 1.82) is 5.26 Å². The SMILES string of the molecule is CC(C)(C)[C@H](N)C(=O)N1C[C@@H](F)C[C@@H]1C#N. The Morgan fingerprint density at radius 2 is 2.19 bits per heavy atom. The lowest BCUT2D eigenvalue weighted by atomic mass is 9.86. The van der Waals surface area contributed by atoms with Gasteiger partial charge in [0.15, 0.2) is 0 Å². The highest BCUT2D eigenvalue weighted by molar-refractivity contribution is 5.83. The van der Waals surface area contributed by atoms with Crippen molar-refractivity contribution >= 4 is 5.91 Å². The quantitative estimate of drug-likeness (QED) is 0.721. The summed E-state index contributed by atoms with van der Waals surface area (Å²) in [5.74, 6) is -0.334. The Kier molecular flexibility index (Phi) is 3.54. The van der Waals surface area contributed by atoms with Crippen molar-refractivity contribution in [2.24, 2.45) is 11.1 Å². The van der Waals surface area contributed by atoms with Crippen LogP contribution < -0.4 is 5.73 Å². The molecule has 1 fully saturated rings. The van der Waals surface area contributed by atoms with Gasteiger partial charge in [0.25, 0.3) is 0 Å². The number of amides is 1. The van der Waals surface area contributed by atoms with Crippen molar-refractivity contribution in [2.75, 3.05) is 6.54 Å². The van der Waals surface area contributed by atoms with Crippen molar-refractivity contribution in [2.45, 2.75) is 45.4 Å². The zero-order chi connectivity index (χ0) is 12.5. The number of nitriles is 1. The maximum Gasteiger partial charge on any atom is 0.241 e. The van der Waals surface area contributed by atoms with E-state index in [1.54, 1.807) is 0 Å². The van der Waals surface area contributed by atoms with Crippen LogP contribution in [0.4, 0.5) is 4.39 Å². The fraction of sp³-hybridized carbons (Fsp3) is 0.818. The van der Waals surface area contributed by atoms with Crippen LogP contribution in [0.2, 0.25) is 0 Å². The Balaban J connectivity index is 2.79. The van der Waals surface area contributed by atoms with Gasteiger partial charge in [-0.1, -0.05) is 20.8 Å². The van der Waals surface area contributed by atoms with Gasteiger partial charge in [0.05, 0.1) is 18.7 Å². The van der Waals surface area contributed by atoms with E-state index in [0.29, 0.717) is 0 Å². The van der Waals surface area contributed by atoms with Crippen LogP contribution in [0, 0.1) is 16.7 Å². The molecular formula is C11H18FN3O. The van der Waals surface area contributed by atoms with Crippen molar-refractivity contribution in [3.05, 3.63) is 0 Å². The smallest absolute Gasteiger partial charge is 0.241 e. The fourth-order valence-corrected chi connectivity index (χ4v) is 1.70. The van der Waals surface area contributed by atoms with Crippen LogP contribution in [-0.4, -0.2) is 35.6 Å². The number of carbonyl (C=O) groups is 1. The first-order valence-electron chi connectivity index (χ1n) is 5.37. The summed E-state index contributed by atoms with van der Waals surface area (Å²) in [6.07, 6.45) is -1.01. The summed E-state index contributed by atoms with van der Waals surface area (Å²) >= 11 is 0. The van der Waals surface area contributed by atoms with Crippen molar-refractivity contribution in [3.63, 3.8) is 0 Å². The van der Waals surface area contributed by atoms with Crippen molar-refractivity contribution < 1.29 is 9.18 Å². The van der Waals surface area contributed by atoms with Gasteiger partial charge in [-0.15, -0.1) is 0 Å². The third-order valence-electron chi connectivity index (χ3n) is 2.88. The summed E-state index contributed by atoms with van der Waals surface area (Å²) in [7, 11) is 0. The molecule has 90 valence electrons. The topological polar surface area (TPSA) is 70.1 Å². The van der Waals surface area contributed by atoms with E-state index in [9.17, 15) is 9.18 Å². The molecule has 5 heteroatoms. The minimum absolute atomic E-state index is 0.0131. The second-order valence-electron chi connectivity index (χ2n) is 5.31. The predicted molar refractivity (Wildman–Crippen MR) is 58.1 cm³/mol. The molecule has 1 aliphatic heterocycles. The van der Waals surface area contributed by atoms with Crippen LogP contribution in [0.25, 0.3) is 0 Å². The summed E-state index contributed by atoms with van der Waals surface area (Å²) < 4.78 is 13.1. The van der Waals surface area contributed by atoms with Gasteiger partial charge in [0.1, 0.15) is 12.2 Å². The van der Waals surface area contributed by atoms with Crippen LogP contribution in [-0.2, 0) is 4.79 Å². The van der Waals surface area contributed by atoms with Crippen LogP contribution in [0.3, 0.4) is 0 Å².